The van der Waals surface area contributed by atoms with E-state index in [1.54, 1.807) is 23.7 Å². The summed E-state index contributed by atoms with van der Waals surface area (Å²) < 4.78 is 11.2. The lowest BCUT2D eigenvalue weighted by molar-refractivity contribution is -0.142. The van der Waals surface area contributed by atoms with E-state index in [1.165, 1.54) is 0 Å². The van der Waals surface area contributed by atoms with Crippen LogP contribution in [0.15, 0.2) is 18.2 Å². The normalized spacial score (nSPS) is 21.0. The molecule has 136 valence electrons. The Morgan fingerprint density at radius 1 is 1.32 bits per heavy atom. The Balaban J connectivity index is 1.84. The fourth-order valence-corrected chi connectivity index (χ4v) is 3.39. The minimum atomic E-state index is -0.585. The Morgan fingerprint density at radius 3 is 2.76 bits per heavy atom. The van der Waals surface area contributed by atoms with Crippen molar-refractivity contribution in [1.29, 1.82) is 0 Å². The number of carbonyl (C=O) groups excluding carboxylic acids is 2. The first-order chi connectivity index (χ1) is 12.1. The molecule has 2 heterocycles. The van der Waals surface area contributed by atoms with Crippen molar-refractivity contribution < 1.29 is 24.3 Å². The molecule has 0 saturated carbocycles. The zero-order valence-corrected chi connectivity index (χ0v) is 14.4. The number of fused-ring (bicyclic) bond motifs is 1. The van der Waals surface area contributed by atoms with Gasteiger partial charge >= 0.3 is 0 Å². The van der Waals surface area contributed by atoms with E-state index in [0.717, 1.165) is 24.8 Å². The second kappa shape index (κ2) is 7.84. The molecule has 3 rings (SSSR count). The highest BCUT2D eigenvalue weighted by Gasteiger charge is 2.33. The summed E-state index contributed by atoms with van der Waals surface area (Å²) in [5.41, 5.74) is 2.81. The molecule has 0 bridgehead atoms. The molecule has 1 saturated heterocycles. The lowest BCUT2D eigenvalue weighted by Crippen LogP contribution is -2.45. The van der Waals surface area contributed by atoms with Crippen LogP contribution in [0, 0.1) is 5.92 Å². The summed E-state index contributed by atoms with van der Waals surface area (Å²) in [6, 6.07) is 5.01. The van der Waals surface area contributed by atoms with E-state index in [4.69, 9.17) is 14.7 Å². The molecule has 0 unspecified atom stereocenters. The average Bonchev–Trinajstić information content (AvgIpc) is 2.86. The van der Waals surface area contributed by atoms with Crippen molar-refractivity contribution in [2.45, 2.75) is 38.8 Å². The summed E-state index contributed by atoms with van der Waals surface area (Å²) in [7, 11) is 0. The van der Waals surface area contributed by atoms with Crippen LogP contribution in [-0.4, -0.2) is 47.8 Å². The summed E-state index contributed by atoms with van der Waals surface area (Å²) in [6.07, 6.45) is 2.32. The summed E-state index contributed by atoms with van der Waals surface area (Å²) in [4.78, 5) is 26.5. The minimum absolute atomic E-state index is 0.00198. The third-order valence-electron chi connectivity index (χ3n) is 4.97. The average molecular weight is 348 g/mol. The van der Waals surface area contributed by atoms with Crippen molar-refractivity contribution in [3.8, 4) is 5.75 Å². The van der Waals surface area contributed by atoms with Gasteiger partial charge in [0.05, 0.1) is 6.04 Å². The van der Waals surface area contributed by atoms with Crippen LogP contribution in [0.5, 0.6) is 5.75 Å². The maximum Gasteiger partial charge on any atom is 0.274 e. The SMILES string of the molecule is CC[C@H]1COc2cc(C(=O)NO)ccc2CN1C(=O)C1CCOCC1. The molecule has 2 aliphatic heterocycles. The van der Waals surface area contributed by atoms with Crippen molar-refractivity contribution >= 4 is 11.8 Å². The molecule has 1 aromatic carbocycles. The van der Waals surface area contributed by atoms with Crippen LogP contribution in [0.3, 0.4) is 0 Å². The van der Waals surface area contributed by atoms with Gasteiger partial charge in [-0.2, -0.15) is 0 Å². The first-order valence-electron chi connectivity index (χ1n) is 8.72. The van der Waals surface area contributed by atoms with Crippen molar-refractivity contribution in [1.82, 2.24) is 10.4 Å². The number of nitrogens with zero attached hydrogens (tertiary/aromatic N) is 1. The lowest BCUT2D eigenvalue weighted by Gasteiger charge is -2.33. The van der Waals surface area contributed by atoms with Gasteiger partial charge < -0.3 is 14.4 Å². The molecule has 1 aromatic rings. The van der Waals surface area contributed by atoms with E-state index in [1.807, 2.05) is 11.8 Å². The molecule has 1 atom stereocenters. The second-order valence-corrected chi connectivity index (χ2v) is 6.49. The summed E-state index contributed by atoms with van der Waals surface area (Å²) >= 11 is 0. The third kappa shape index (κ3) is 3.77. The lowest BCUT2D eigenvalue weighted by atomic mass is 9.97. The highest BCUT2D eigenvalue weighted by Crippen LogP contribution is 2.29. The Bertz CT molecular complexity index is 642. The van der Waals surface area contributed by atoms with Crippen LogP contribution < -0.4 is 10.2 Å². The topological polar surface area (TPSA) is 88.1 Å². The van der Waals surface area contributed by atoms with Gasteiger partial charge in [-0.25, -0.2) is 5.48 Å². The molecule has 1 fully saturated rings. The Kier molecular flexibility index (Phi) is 5.55. The molecular weight excluding hydrogens is 324 g/mol. The number of nitrogens with one attached hydrogen (secondary N) is 1. The fourth-order valence-electron chi connectivity index (χ4n) is 3.39. The molecule has 0 spiro atoms. The highest BCUT2D eigenvalue weighted by atomic mass is 16.5. The first-order valence-corrected chi connectivity index (χ1v) is 8.72. The van der Waals surface area contributed by atoms with Gasteiger partial charge in [0.15, 0.2) is 0 Å². The molecule has 7 nitrogen and oxygen atoms in total. The molecule has 2 N–H and O–H groups in total. The first kappa shape index (κ1) is 17.7. The molecular formula is C18H24N2O5. The molecule has 2 aliphatic rings. The van der Waals surface area contributed by atoms with E-state index in [-0.39, 0.29) is 17.9 Å². The Labute approximate surface area is 146 Å². The fraction of sp³-hybridized carbons (Fsp3) is 0.556. The van der Waals surface area contributed by atoms with Crippen molar-refractivity contribution in [3.05, 3.63) is 29.3 Å². The van der Waals surface area contributed by atoms with E-state index in [2.05, 4.69) is 0 Å². The molecule has 7 heteroatoms. The Hall–Kier alpha value is -2.12. The molecule has 25 heavy (non-hydrogen) atoms. The molecule has 2 amide bonds. The molecule has 0 radical (unpaired) electrons. The molecule has 0 aromatic heterocycles. The number of benzene rings is 1. The number of ether oxygens (including phenoxy) is 2. The maximum absolute atomic E-state index is 13.0. The smallest absolute Gasteiger partial charge is 0.274 e. The quantitative estimate of drug-likeness (QED) is 0.642. The van der Waals surface area contributed by atoms with Crippen LogP contribution in [0.1, 0.15) is 42.1 Å². The number of hydrogen-bond donors (Lipinski definition) is 2. The van der Waals surface area contributed by atoms with E-state index in [9.17, 15) is 9.59 Å². The second-order valence-electron chi connectivity index (χ2n) is 6.49. The van der Waals surface area contributed by atoms with E-state index in [0.29, 0.717) is 37.7 Å². The standard InChI is InChI=1S/C18H24N2O5/c1-2-15-11-25-16-9-13(17(21)19-23)3-4-14(16)10-20(15)18(22)12-5-7-24-8-6-12/h3-4,9,12,15,23H,2,5-8,10-11H2,1H3,(H,19,21)/t15-/m0/s1. The van der Waals surface area contributed by atoms with Gasteiger partial charge in [-0.1, -0.05) is 13.0 Å². The van der Waals surface area contributed by atoms with Gasteiger partial charge in [0.2, 0.25) is 5.91 Å². The summed E-state index contributed by atoms with van der Waals surface area (Å²) in [5.74, 6) is 0.159. The van der Waals surface area contributed by atoms with Crippen molar-refractivity contribution in [2.24, 2.45) is 5.92 Å². The number of hydroxylamine groups is 1. The monoisotopic (exact) mass is 348 g/mol. The number of amides is 2. The minimum Gasteiger partial charge on any atom is -0.491 e. The number of rotatable bonds is 3. The van der Waals surface area contributed by atoms with Crippen LogP contribution in [0.4, 0.5) is 0 Å². The van der Waals surface area contributed by atoms with E-state index >= 15 is 0 Å². The number of carbonyl (C=O) groups is 2. The van der Waals surface area contributed by atoms with E-state index < -0.39 is 5.91 Å². The van der Waals surface area contributed by atoms with Gasteiger partial charge in [-0.05, 0) is 31.4 Å². The van der Waals surface area contributed by atoms with Crippen molar-refractivity contribution in [3.63, 3.8) is 0 Å². The van der Waals surface area contributed by atoms with Crippen LogP contribution in [0.2, 0.25) is 0 Å². The van der Waals surface area contributed by atoms with Gasteiger partial charge in [0.25, 0.3) is 5.91 Å². The molecule has 0 aliphatic carbocycles. The summed E-state index contributed by atoms with van der Waals surface area (Å²) in [6.45, 7) is 4.16. The Morgan fingerprint density at radius 2 is 2.08 bits per heavy atom. The van der Waals surface area contributed by atoms with Gasteiger partial charge in [0.1, 0.15) is 12.4 Å². The van der Waals surface area contributed by atoms with Gasteiger partial charge in [-0.15, -0.1) is 0 Å². The number of hydrogen-bond acceptors (Lipinski definition) is 5. The van der Waals surface area contributed by atoms with Crippen LogP contribution in [0.25, 0.3) is 0 Å². The third-order valence-corrected chi connectivity index (χ3v) is 4.97. The van der Waals surface area contributed by atoms with Crippen molar-refractivity contribution in [2.75, 3.05) is 19.8 Å². The summed E-state index contributed by atoms with van der Waals surface area (Å²) in [5, 5.41) is 8.78. The predicted molar refractivity (Wildman–Crippen MR) is 89.4 cm³/mol. The van der Waals surface area contributed by atoms with Gasteiger partial charge in [-0.3, -0.25) is 14.8 Å². The predicted octanol–water partition coefficient (Wildman–Crippen LogP) is 1.73. The van der Waals surface area contributed by atoms with Crippen LogP contribution >= 0.6 is 0 Å². The highest BCUT2D eigenvalue weighted by molar-refractivity contribution is 5.93. The largest absolute Gasteiger partial charge is 0.491 e. The zero-order chi connectivity index (χ0) is 17.8. The van der Waals surface area contributed by atoms with Crippen LogP contribution in [-0.2, 0) is 16.1 Å². The van der Waals surface area contributed by atoms with Gasteiger partial charge in [0, 0.05) is 36.8 Å². The maximum atomic E-state index is 13.0. The zero-order valence-electron chi connectivity index (χ0n) is 14.4.